The zero-order valence-electron chi connectivity index (χ0n) is 9.80. The van der Waals surface area contributed by atoms with Crippen LogP contribution >= 0.6 is 11.6 Å². The van der Waals surface area contributed by atoms with Gasteiger partial charge in [0.2, 0.25) is 5.91 Å². The van der Waals surface area contributed by atoms with E-state index in [1.54, 1.807) is 0 Å². The third-order valence-corrected chi connectivity index (χ3v) is 2.47. The standard InChI is InChI=1S/C13H11ClF3NO/c1-2-7-18-12(19)6-4-9-3-5-11(14)10(8-9)13(15,16)17/h2-6,8H,1,7H2,(H,18,19)/b6-4+. The van der Waals surface area contributed by atoms with Gasteiger partial charge in [-0.3, -0.25) is 4.79 Å². The quantitative estimate of drug-likeness (QED) is 0.665. The number of benzene rings is 1. The van der Waals surface area contributed by atoms with Crippen molar-refractivity contribution >= 4 is 23.6 Å². The smallest absolute Gasteiger partial charge is 0.349 e. The van der Waals surface area contributed by atoms with Crippen LogP contribution in [0.3, 0.4) is 0 Å². The molecule has 1 aromatic rings. The van der Waals surface area contributed by atoms with E-state index < -0.39 is 17.6 Å². The molecule has 0 fully saturated rings. The van der Waals surface area contributed by atoms with E-state index in [0.29, 0.717) is 0 Å². The van der Waals surface area contributed by atoms with E-state index in [4.69, 9.17) is 11.6 Å². The van der Waals surface area contributed by atoms with Crippen LogP contribution < -0.4 is 5.32 Å². The molecule has 6 heteroatoms. The second-order valence-corrected chi connectivity index (χ2v) is 4.01. The van der Waals surface area contributed by atoms with Crippen molar-refractivity contribution in [2.24, 2.45) is 0 Å². The normalized spacial score (nSPS) is 11.6. The molecule has 1 rings (SSSR count). The molecular formula is C13H11ClF3NO. The Balaban J connectivity index is 2.89. The molecule has 0 heterocycles. The number of amides is 1. The molecule has 19 heavy (non-hydrogen) atoms. The average Bonchev–Trinajstić information content (AvgIpc) is 2.34. The summed E-state index contributed by atoms with van der Waals surface area (Å²) in [5.74, 6) is -0.414. The van der Waals surface area contributed by atoms with Crippen LogP contribution in [0.2, 0.25) is 5.02 Å². The van der Waals surface area contributed by atoms with Crippen LogP contribution in [0.25, 0.3) is 6.08 Å². The molecule has 0 aliphatic carbocycles. The van der Waals surface area contributed by atoms with Crippen LogP contribution in [-0.2, 0) is 11.0 Å². The molecule has 1 amide bonds. The van der Waals surface area contributed by atoms with Gasteiger partial charge in [0.15, 0.2) is 0 Å². The minimum Gasteiger partial charge on any atom is -0.349 e. The van der Waals surface area contributed by atoms with Crippen LogP contribution in [0.1, 0.15) is 11.1 Å². The number of hydrogen-bond acceptors (Lipinski definition) is 1. The number of rotatable bonds is 4. The number of alkyl halides is 3. The van der Waals surface area contributed by atoms with Gasteiger partial charge in [-0.05, 0) is 23.8 Å². The molecule has 1 aromatic carbocycles. The summed E-state index contributed by atoms with van der Waals surface area (Å²) in [6, 6.07) is 3.43. The van der Waals surface area contributed by atoms with E-state index in [0.717, 1.165) is 18.2 Å². The van der Waals surface area contributed by atoms with Gasteiger partial charge in [-0.15, -0.1) is 6.58 Å². The maximum atomic E-state index is 12.6. The number of nitrogens with one attached hydrogen (secondary N) is 1. The third-order valence-electron chi connectivity index (χ3n) is 2.14. The van der Waals surface area contributed by atoms with Crippen LogP contribution in [-0.4, -0.2) is 12.5 Å². The highest BCUT2D eigenvalue weighted by molar-refractivity contribution is 6.31. The fraction of sp³-hybridized carbons (Fsp3) is 0.154. The lowest BCUT2D eigenvalue weighted by Crippen LogP contribution is -2.20. The first-order chi connectivity index (χ1) is 8.84. The molecule has 0 radical (unpaired) electrons. The van der Waals surface area contributed by atoms with Crippen molar-refractivity contribution in [1.29, 1.82) is 0 Å². The van der Waals surface area contributed by atoms with Crippen LogP contribution in [0, 0.1) is 0 Å². The highest BCUT2D eigenvalue weighted by atomic mass is 35.5. The summed E-state index contributed by atoms with van der Waals surface area (Å²) in [5, 5.41) is 2.09. The van der Waals surface area contributed by atoms with E-state index in [2.05, 4.69) is 11.9 Å². The maximum absolute atomic E-state index is 12.6. The van der Waals surface area contributed by atoms with Crippen molar-refractivity contribution in [3.8, 4) is 0 Å². The molecule has 0 bridgehead atoms. The number of halogens is 4. The Bertz CT molecular complexity index is 509. The minimum atomic E-state index is -4.52. The molecule has 0 spiro atoms. The van der Waals surface area contributed by atoms with Crippen molar-refractivity contribution in [3.63, 3.8) is 0 Å². The molecule has 0 atom stereocenters. The Morgan fingerprint density at radius 3 is 2.68 bits per heavy atom. The first-order valence-electron chi connectivity index (χ1n) is 5.28. The minimum absolute atomic E-state index is 0.241. The first kappa shape index (κ1) is 15.3. The predicted octanol–water partition coefficient (Wildman–Crippen LogP) is 3.67. The van der Waals surface area contributed by atoms with Gasteiger partial charge in [0.05, 0.1) is 10.6 Å². The Hall–Kier alpha value is -1.75. The van der Waals surface area contributed by atoms with E-state index >= 15 is 0 Å². The zero-order chi connectivity index (χ0) is 14.5. The number of carbonyl (C=O) groups is 1. The van der Waals surface area contributed by atoms with Gasteiger partial charge >= 0.3 is 6.18 Å². The monoisotopic (exact) mass is 289 g/mol. The summed E-state index contributed by atoms with van der Waals surface area (Å²) in [7, 11) is 0. The lowest BCUT2D eigenvalue weighted by molar-refractivity contribution is -0.137. The van der Waals surface area contributed by atoms with E-state index in [9.17, 15) is 18.0 Å². The van der Waals surface area contributed by atoms with Crippen molar-refractivity contribution in [3.05, 3.63) is 53.1 Å². The fourth-order valence-electron chi connectivity index (χ4n) is 1.27. The summed E-state index contributed by atoms with van der Waals surface area (Å²) < 4.78 is 37.8. The molecular weight excluding hydrogens is 279 g/mol. The first-order valence-corrected chi connectivity index (χ1v) is 5.66. The fourth-order valence-corrected chi connectivity index (χ4v) is 1.49. The molecule has 0 saturated carbocycles. The second kappa shape index (κ2) is 6.43. The highest BCUT2D eigenvalue weighted by Gasteiger charge is 2.33. The summed E-state index contributed by atoms with van der Waals surface area (Å²) in [6.45, 7) is 3.71. The SMILES string of the molecule is C=CCNC(=O)/C=C/c1ccc(Cl)c(C(F)(F)F)c1. The summed E-state index contributed by atoms with van der Waals surface area (Å²) in [5.41, 5.74) is -0.687. The summed E-state index contributed by atoms with van der Waals surface area (Å²) in [6.07, 6.45) is -0.599. The Labute approximate surface area is 113 Å². The van der Waals surface area contributed by atoms with Gasteiger partial charge in [0, 0.05) is 12.6 Å². The van der Waals surface area contributed by atoms with Gasteiger partial charge in [-0.2, -0.15) is 13.2 Å². The number of carbonyl (C=O) groups excluding carboxylic acids is 1. The Kier molecular flexibility index (Phi) is 5.18. The number of hydrogen-bond donors (Lipinski definition) is 1. The van der Waals surface area contributed by atoms with E-state index in [1.165, 1.54) is 18.2 Å². The average molecular weight is 290 g/mol. The lowest BCUT2D eigenvalue weighted by Gasteiger charge is -2.09. The molecule has 1 N–H and O–H groups in total. The topological polar surface area (TPSA) is 29.1 Å². The van der Waals surface area contributed by atoms with Crippen molar-refractivity contribution in [2.45, 2.75) is 6.18 Å². The van der Waals surface area contributed by atoms with Gasteiger partial charge in [-0.25, -0.2) is 0 Å². The highest BCUT2D eigenvalue weighted by Crippen LogP contribution is 2.35. The largest absolute Gasteiger partial charge is 0.417 e. The van der Waals surface area contributed by atoms with Crippen LogP contribution in [0.5, 0.6) is 0 Å². The molecule has 0 aliphatic rings. The molecule has 102 valence electrons. The van der Waals surface area contributed by atoms with Crippen molar-refractivity contribution < 1.29 is 18.0 Å². The second-order valence-electron chi connectivity index (χ2n) is 3.60. The van der Waals surface area contributed by atoms with Gasteiger partial charge in [0.1, 0.15) is 0 Å². The van der Waals surface area contributed by atoms with Crippen LogP contribution in [0.4, 0.5) is 13.2 Å². The molecule has 0 aromatic heterocycles. The van der Waals surface area contributed by atoms with Gasteiger partial charge in [0.25, 0.3) is 0 Å². The summed E-state index contributed by atoms with van der Waals surface area (Å²) >= 11 is 5.48. The van der Waals surface area contributed by atoms with E-state index in [-0.39, 0.29) is 17.1 Å². The predicted molar refractivity (Wildman–Crippen MR) is 68.7 cm³/mol. The van der Waals surface area contributed by atoms with E-state index in [1.807, 2.05) is 0 Å². The molecule has 0 unspecified atom stereocenters. The lowest BCUT2D eigenvalue weighted by atomic mass is 10.1. The van der Waals surface area contributed by atoms with Gasteiger partial charge in [-0.1, -0.05) is 23.7 Å². The maximum Gasteiger partial charge on any atom is 0.417 e. The molecule has 2 nitrogen and oxygen atoms in total. The Morgan fingerprint density at radius 2 is 2.11 bits per heavy atom. The summed E-state index contributed by atoms with van der Waals surface area (Å²) in [4.78, 5) is 11.2. The zero-order valence-corrected chi connectivity index (χ0v) is 10.6. The van der Waals surface area contributed by atoms with Gasteiger partial charge < -0.3 is 5.32 Å². The molecule has 0 aliphatic heterocycles. The van der Waals surface area contributed by atoms with Crippen LogP contribution in [0.15, 0.2) is 36.9 Å². The van der Waals surface area contributed by atoms with Crippen molar-refractivity contribution in [1.82, 2.24) is 5.32 Å². The van der Waals surface area contributed by atoms with Crippen molar-refractivity contribution in [2.75, 3.05) is 6.54 Å². The molecule has 0 saturated heterocycles. The third kappa shape index (κ3) is 4.79. The Morgan fingerprint density at radius 1 is 1.42 bits per heavy atom.